The topological polar surface area (TPSA) is 15.3 Å². The molecule has 19 aromatic rings. The summed E-state index contributed by atoms with van der Waals surface area (Å²) in [4.78, 5) is 4.88. The van der Waals surface area contributed by atoms with Gasteiger partial charge in [-0.3, -0.25) is 0 Å². The van der Waals surface area contributed by atoms with E-state index in [9.17, 15) is 0 Å². The second-order valence-electron chi connectivity index (χ2n) is 22.3. The van der Waals surface area contributed by atoms with E-state index >= 15 is 0 Å². The molecule has 0 unspecified atom stereocenters. The number of thiophene rings is 2. The standard InChI is InChI=1S/C78H46N4S2/c1-3-21-49(22-4-1)79(67-39-17-33-59-55-27-7-9-41-71(55)83-77(59)67)51-25-11-19-47(43-51)53-29-15-37-65-73(53)61-35-13-31-57-63-46-70-64(45-69(63)81(65)75(57)61)58-32-14-36-62-74-54(30-16-38-66(74)82(70)76(58)62)48-20-12-26-52(44-48)80(50-23-5-2-6-24-50)68-40-18-34-60-56-28-8-10-42-72(56)84-78(60)68/h1-46H. The van der Waals surface area contributed by atoms with Crippen molar-refractivity contribution in [2.75, 3.05) is 9.80 Å². The summed E-state index contributed by atoms with van der Waals surface area (Å²) in [5.41, 5.74) is 19.1. The summed E-state index contributed by atoms with van der Waals surface area (Å²) < 4.78 is 10.3. The third kappa shape index (κ3) is 6.41. The molecule has 0 fully saturated rings. The van der Waals surface area contributed by atoms with Gasteiger partial charge in [0.05, 0.1) is 53.9 Å². The van der Waals surface area contributed by atoms with Crippen molar-refractivity contribution in [3.05, 3.63) is 279 Å². The van der Waals surface area contributed by atoms with Crippen LogP contribution in [0.25, 0.3) is 139 Å². The normalized spacial score (nSPS) is 12.3. The highest BCUT2D eigenvalue weighted by Gasteiger charge is 2.26. The Morgan fingerprint density at radius 3 is 1.10 bits per heavy atom. The zero-order valence-corrected chi connectivity index (χ0v) is 46.8. The molecule has 0 N–H and O–H groups in total. The van der Waals surface area contributed by atoms with Gasteiger partial charge in [-0.05, 0) is 119 Å². The van der Waals surface area contributed by atoms with E-state index in [1.807, 2.05) is 22.7 Å². The minimum absolute atomic E-state index is 1.12. The molecule has 13 aromatic carbocycles. The Morgan fingerprint density at radius 2 is 0.619 bits per heavy atom. The van der Waals surface area contributed by atoms with Crippen LogP contribution >= 0.6 is 22.7 Å². The SMILES string of the molecule is c1ccc(N(c2cccc(-c3cccc4c3c3cccc5c6cc7c(cc6n4c53)c3cccc4c5c(-c6cccc(N(c8ccccc8)c8cccc9c8sc8ccccc89)c6)cccc5n7c34)c2)c2cccc3c2sc2ccccc23)cc1. The van der Waals surface area contributed by atoms with E-state index in [0.717, 1.165) is 22.7 Å². The zero-order chi connectivity index (χ0) is 54.7. The van der Waals surface area contributed by atoms with Crippen molar-refractivity contribution in [1.82, 2.24) is 8.80 Å². The van der Waals surface area contributed by atoms with Crippen LogP contribution in [0.5, 0.6) is 0 Å². The molecule has 0 bridgehead atoms. The van der Waals surface area contributed by atoms with Crippen LogP contribution < -0.4 is 9.80 Å². The van der Waals surface area contributed by atoms with Gasteiger partial charge in [0.15, 0.2) is 0 Å². The fraction of sp³-hybridized carbons (Fsp3) is 0. The van der Waals surface area contributed by atoms with Gasteiger partial charge in [0.25, 0.3) is 0 Å². The first-order chi connectivity index (χ1) is 41.7. The number of aromatic nitrogens is 2. The number of nitrogens with zero attached hydrogens (tertiary/aromatic N) is 4. The molecule has 0 aliphatic rings. The molecule has 0 radical (unpaired) electrons. The Morgan fingerprint density at radius 1 is 0.250 bits per heavy atom. The van der Waals surface area contributed by atoms with Crippen molar-refractivity contribution < 1.29 is 0 Å². The van der Waals surface area contributed by atoms with Gasteiger partial charge < -0.3 is 18.6 Å². The Balaban J connectivity index is 0.770. The van der Waals surface area contributed by atoms with E-state index in [1.165, 1.54) is 150 Å². The lowest BCUT2D eigenvalue weighted by molar-refractivity contribution is 1.30. The molecule has 0 aliphatic carbocycles. The van der Waals surface area contributed by atoms with Crippen molar-refractivity contribution in [2.45, 2.75) is 0 Å². The van der Waals surface area contributed by atoms with Crippen LogP contribution in [0.4, 0.5) is 34.1 Å². The molecule has 0 saturated carbocycles. The molecule has 0 amide bonds. The molecular formula is C78H46N4S2. The first-order valence-corrected chi connectivity index (χ1v) is 30.4. The monoisotopic (exact) mass is 1100 g/mol. The number of benzene rings is 13. The largest absolute Gasteiger partial charge is 0.309 e. The lowest BCUT2D eigenvalue weighted by atomic mass is 9.97. The van der Waals surface area contributed by atoms with E-state index in [-0.39, 0.29) is 0 Å². The Kier molecular flexibility index (Phi) is 9.62. The fourth-order valence-corrected chi connectivity index (χ4v) is 16.9. The van der Waals surface area contributed by atoms with Crippen molar-refractivity contribution in [1.29, 1.82) is 0 Å². The molecule has 6 heterocycles. The smallest absolute Gasteiger partial charge is 0.0640 e. The molecule has 0 spiro atoms. The summed E-state index contributed by atoms with van der Waals surface area (Å²) in [6.07, 6.45) is 0. The third-order valence-corrected chi connectivity index (χ3v) is 20.3. The number of hydrogen-bond donors (Lipinski definition) is 0. The summed E-state index contributed by atoms with van der Waals surface area (Å²) in [5.74, 6) is 0. The van der Waals surface area contributed by atoms with Crippen LogP contribution in [0, 0.1) is 0 Å². The van der Waals surface area contributed by atoms with Gasteiger partial charge in [-0.25, -0.2) is 0 Å². The summed E-state index contributed by atoms with van der Waals surface area (Å²) >= 11 is 3.74. The van der Waals surface area contributed by atoms with E-state index in [2.05, 4.69) is 298 Å². The predicted molar refractivity (Wildman–Crippen MR) is 362 cm³/mol. The van der Waals surface area contributed by atoms with E-state index in [0.29, 0.717) is 0 Å². The highest BCUT2D eigenvalue weighted by atomic mass is 32.1. The minimum atomic E-state index is 1.12. The molecule has 390 valence electrons. The van der Waals surface area contributed by atoms with E-state index < -0.39 is 0 Å². The highest BCUT2D eigenvalue weighted by Crippen LogP contribution is 2.51. The first-order valence-electron chi connectivity index (χ1n) is 28.7. The Bertz CT molecular complexity index is 5520. The lowest BCUT2D eigenvalue weighted by Gasteiger charge is -2.26. The molecule has 19 rings (SSSR count). The van der Waals surface area contributed by atoms with Gasteiger partial charge in [0.1, 0.15) is 0 Å². The maximum Gasteiger partial charge on any atom is 0.0640 e. The van der Waals surface area contributed by atoms with Crippen molar-refractivity contribution in [2.24, 2.45) is 0 Å². The summed E-state index contributed by atoms with van der Waals surface area (Å²) in [6.45, 7) is 0. The zero-order valence-electron chi connectivity index (χ0n) is 45.2. The lowest BCUT2D eigenvalue weighted by Crippen LogP contribution is -2.10. The molecule has 84 heavy (non-hydrogen) atoms. The third-order valence-electron chi connectivity index (χ3n) is 17.9. The average molecular weight is 1100 g/mol. The van der Waals surface area contributed by atoms with Crippen LogP contribution in [0.2, 0.25) is 0 Å². The number of hydrogen-bond acceptors (Lipinski definition) is 4. The second-order valence-corrected chi connectivity index (χ2v) is 24.4. The van der Waals surface area contributed by atoms with E-state index in [4.69, 9.17) is 0 Å². The molecule has 0 atom stereocenters. The van der Waals surface area contributed by atoms with Gasteiger partial charge in [-0.15, -0.1) is 22.7 Å². The van der Waals surface area contributed by atoms with Crippen molar-refractivity contribution >= 4 is 173 Å². The number of anilines is 6. The maximum absolute atomic E-state index is 2.55. The Labute approximate surface area is 490 Å². The summed E-state index contributed by atoms with van der Waals surface area (Å²) in [7, 11) is 0. The van der Waals surface area contributed by atoms with Crippen LogP contribution in [-0.4, -0.2) is 8.80 Å². The van der Waals surface area contributed by atoms with Gasteiger partial charge in [0.2, 0.25) is 0 Å². The van der Waals surface area contributed by atoms with E-state index in [1.54, 1.807) is 0 Å². The maximum atomic E-state index is 2.55. The first kappa shape index (κ1) is 46.1. The van der Waals surface area contributed by atoms with Crippen molar-refractivity contribution in [3.63, 3.8) is 0 Å². The van der Waals surface area contributed by atoms with Gasteiger partial charge in [0, 0.05) is 96.8 Å². The number of fused-ring (bicyclic) bond motifs is 18. The molecule has 6 heteroatoms. The molecule has 4 nitrogen and oxygen atoms in total. The van der Waals surface area contributed by atoms with Gasteiger partial charge in [-0.1, -0.05) is 182 Å². The molecule has 6 aromatic heterocycles. The van der Waals surface area contributed by atoms with Crippen LogP contribution in [0.15, 0.2) is 279 Å². The van der Waals surface area contributed by atoms with Crippen LogP contribution in [0.3, 0.4) is 0 Å². The highest BCUT2D eigenvalue weighted by molar-refractivity contribution is 7.26. The average Bonchev–Trinajstić information content (AvgIpc) is 1.63. The number of para-hydroxylation sites is 4. The predicted octanol–water partition coefficient (Wildman–Crippen LogP) is 23.0. The summed E-state index contributed by atoms with van der Waals surface area (Å²) in [5, 5.41) is 15.3. The minimum Gasteiger partial charge on any atom is -0.309 e. The second kappa shape index (κ2) is 17.5. The fourth-order valence-electron chi connectivity index (χ4n) is 14.5. The van der Waals surface area contributed by atoms with Crippen molar-refractivity contribution in [3.8, 4) is 22.3 Å². The van der Waals surface area contributed by atoms with Crippen LogP contribution in [-0.2, 0) is 0 Å². The van der Waals surface area contributed by atoms with Gasteiger partial charge >= 0.3 is 0 Å². The molecule has 0 aliphatic heterocycles. The van der Waals surface area contributed by atoms with Gasteiger partial charge in [-0.2, -0.15) is 0 Å². The van der Waals surface area contributed by atoms with Crippen LogP contribution in [0.1, 0.15) is 0 Å². The summed E-state index contributed by atoms with van der Waals surface area (Å²) in [6, 6.07) is 104. The molecular weight excluding hydrogens is 1060 g/mol. The quantitative estimate of drug-likeness (QED) is 0.151. The Hall–Kier alpha value is -10.5. The number of rotatable bonds is 8. The molecule has 0 saturated heterocycles.